The Balaban J connectivity index is 1.63. The van der Waals surface area contributed by atoms with Crippen LogP contribution in [0.5, 0.6) is 0 Å². The van der Waals surface area contributed by atoms with E-state index in [1.807, 2.05) is 4.90 Å². The summed E-state index contributed by atoms with van der Waals surface area (Å²) in [7, 11) is 0. The van der Waals surface area contributed by atoms with E-state index in [1.54, 1.807) is 24.9 Å². The Bertz CT molecular complexity index is 1220. The van der Waals surface area contributed by atoms with Crippen molar-refractivity contribution < 1.29 is 22.7 Å². The summed E-state index contributed by atoms with van der Waals surface area (Å²) in [6, 6.07) is 4.59. The molecule has 2 aromatic rings. The van der Waals surface area contributed by atoms with Gasteiger partial charge >= 0.3 is 6.18 Å². The van der Waals surface area contributed by atoms with Gasteiger partial charge in [-0.25, -0.2) is 4.98 Å². The van der Waals surface area contributed by atoms with Gasteiger partial charge in [0, 0.05) is 24.8 Å². The van der Waals surface area contributed by atoms with Crippen LogP contribution in [0.4, 0.5) is 30.6 Å². The standard InChI is InChI=1S/C22H22F3N7O2S/c1-21(2)18(33)32(15-4-3-13(10-26)16(9-15)22(23,24)25)20(35)31(21)12-14-11-28-19(29-17(14)27)30-5-7-34-8-6-30/h3-4,9,11H,5-8,12H2,1-2H3,(H2,27,28,29). The van der Waals surface area contributed by atoms with E-state index < -0.39 is 28.7 Å². The molecule has 0 atom stereocenters. The fourth-order valence-corrected chi connectivity index (χ4v) is 4.43. The Hall–Kier alpha value is -3.50. The Morgan fingerprint density at radius 3 is 2.57 bits per heavy atom. The van der Waals surface area contributed by atoms with Crippen molar-refractivity contribution in [3.63, 3.8) is 0 Å². The van der Waals surface area contributed by atoms with Gasteiger partial charge in [-0.2, -0.15) is 23.4 Å². The molecule has 3 heterocycles. The van der Waals surface area contributed by atoms with E-state index in [4.69, 9.17) is 28.0 Å². The van der Waals surface area contributed by atoms with Crippen molar-refractivity contribution in [2.75, 3.05) is 41.8 Å². The number of carbonyl (C=O) groups is 1. The highest BCUT2D eigenvalue weighted by Crippen LogP contribution is 2.38. The molecule has 1 amide bonds. The summed E-state index contributed by atoms with van der Waals surface area (Å²) < 4.78 is 45.8. The summed E-state index contributed by atoms with van der Waals surface area (Å²) in [5, 5.41) is 9.07. The summed E-state index contributed by atoms with van der Waals surface area (Å²) >= 11 is 5.52. The Labute approximate surface area is 204 Å². The molecule has 0 radical (unpaired) electrons. The molecule has 1 aromatic heterocycles. The number of ether oxygens (including phenoxy) is 1. The predicted molar refractivity (Wildman–Crippen MR) is 125 cm³/mol. The molecule has 0 unspecified atom stereocenters. The molecule has 2 N–H and O–H groups in total. The second-order valence-electron chi connectivity index (χ2n) is 8.59. The number of carbonyl (C=O) groups excluding carboxylic acids is 1. The molecular formula is C22H22F3N7O2S. The number of nitrogens with zero attached hydrogens (tertiary/aromatic N) is 6. The molecule has 2 aliphatic heterocycles. The lowest BCUT2D eigenvalue weighted by molar-refractivity contribution is -0.137. The smallest absolute Gasteiger partial charge is 0.383 e. The molecule has 0 spiro atoms. The SMILES string of the molecule is CC1(C)C(=O)N(c2ccc(C#N)c(C(F)(F)F)c2)C(=S)N1Cc1cnc(N2CCOCC2)nc1N. The van der Waals surface area contributed by atoms with Crippen molar-refractivity contribution in [2.45, 2.75) is 32.1 Å². The molecule has 9 nitrogen and oxygen atoms in total. The molecule has 184 valence electrons. The van der Waals surface area contributed by atoms with Crippen LogP contribution in [-0.4, -0.2) is 57.7 Å². The number of anilines is 3. The first-order valence-electron chi connectivity index (χ1n) is 10.7. The fourth-order valence-electron chi connectivity index (χ4n) is 3.95. The molecule has 1 aromatic carbocycles. The zero-order valence-corrected chi connectivity index (χ0v) is 19.8. The zero-order valence-electron chi connectivity index (χ0n) is 19.0. The van der Waals surface area contributed by atoms with Crippen LogP contribution in [0.3, 0.4) is 0 Å². The summed E-state index contributed by atoms with van der Waals surface area (Å²) in [5.74, 6) is 0.168. The Morgan fingerprint density at radius 2 is 1.97 bits per heavy atom. The van der Waals surface area contributed by atoms with Crippen molar-refractivity contribution in [3.8, 4) is 6.07 Å². The highest BCUT2D eigenvalue weighted by molar-refractivity contribution is 7.80. The van der Waals surface area contributed by atoms with Crippen molar-refractivity contribution in [3.05, 3.63) is 41.1 Å². The predicted octanol–water partition coefficient (Wildman–Crippen LogP) is 2.70. The highest BCUT2D eigenvalue weighted by atomic mass is 32.1. The monoisotopic (exact) mass is 505 g/mol. The third-order valence-corrected chi connectivity index (χ3v) is 6.42. The highest BCUT2D eigenvalue weighted by Gasteiger charge is 2.50. The van der Waals surface area contributed by atoms with Gasteiger partial charge in [0.25, 0.3) is 5.91 Å². The topological polar surface area (TPSA) is 112 Å². The third-order valence-electron chi connectivity index (χ3n) is 6.02. The van der Waals surface area contributed by atoms with Gasteiger partial charge in [0.05, 0.1) is 42.6 Å². The van der Waals surface area contributed by atoms with Gasteiger partial charge < -0.3 is 20.3 Å². The number of thiocarbonyl (C=S) groups is 1. The number of rotatable bonds is 4. The first kappa shape index (κ1) is 24.6. The van der Waals surface area contributed by atoms with E-state index in [9.17, 15) is 18.0 Å². The maximum atomic E-state index is 13.5. The molecule has 0 bridgehead atoms. The largest absolute Gasteiger partial charge is 0.417 e. The fraction of sp³-hybridized carbons (Fsp3) is 0.409. The lowest BCUT2D eigenvalue weighted by Gasteiger charge is -2.30. The number of nitrogens with two attached hydrogens (primary N) is 1. The van der Waals surface area contributed by atoms with Crippen LogP contribution >= 0.6 is 12.2 Å². The lowest BCUT2D eigenvalue weighted by Crippen LogP contribution is -2.43. The van der Waals surface area contributed by atoms with Crippen LogP contribution in [0.2, 0.25) is 0 Å². The molecule has 13 heteroatoms. The van der Waals surface area contributed by atoms with Crippen LogP contribution in [0.25, 0.3) is 0 Å². The molecule has 0 aliphatic carbocycles. The van der Waals surface area contributed by atoms with Gasteiger partial charge in [0.1, 0.15) is 11.4 Å². The summed E-state index contributed by atoms with van der Waals surface area (Å²) in [6.45, 7) is 5.71. The molecule has 2 fully saturated rings. The number of aromatic nitrogens is 2. The first-order valence-corrected chi connectivity index (χ1v) is 11.1. The number of hydrogen-bond donors (Lipinski definition) is 1. The van der Waals surface area contributed by atoms with E-state index in [0.717, 1.165) is 17.0 Å². The average Bonchev–Trinajstić information content (AvgIpc) is 2.99. The van der Waals surface area contributed by atoms with E-state index in [1.165, 1.54) is 12.1 Å². The number of nitriles is 1. The van der Waals surface area contributed by atoms with Crippen molar-refractivity contribution in [1.29, 1.82) is 5.26 Å². The van der Waals surface area contributed by atoms with Crippen LogP contribution < -0.4 is 15.5 Å². The van der Waals surface area contributed by atoms with Crippen LogP contribution in [0, 0.1) is 11.3 Å². The minimum Gasteiger partial charge on any atom is -0.383 e. The summed E-state index contributed by atoms with van der Waals surface area (Å²) in [5.41, 5.74) is 3.77. The van der Waals surface area contributed by atoms with E-state index in [2.05, 4.69) is 9.97 Å². The lowest BCUT2D eigenvalue weighted by atomic mass is 10.0. The Morgan fingerprint density at radius 1 is 1.29 bits per heavy atom. The molecule has 2 saturated heterocycles. The van der Waals surface area contributed by atoms with Gasteiger partial charge in [-0.1, -0.05) is 0 Å². The molecule has 2 aliphatic rings. The van der Waals surface area contributed by atoms with E-state index in [0.29, 0.717) is 37.8 Å². The quantitative estimate of drug-likeness (QED) is 0.627. The van der Waals surface area contributed by atoms with Crippen LogP contribution in [0.15, 0.2) is 24.4 Å². The zero-order chi connectivity index (χ0) is 25.5. The van der Waals surface area contributed by atoms with Crippen LogP contribution in [-0.2, 0) is 22.3 Å². The van der Waals surface area contributed by atoms with Crippen molar-refractivity contribution in [1.82, 2.24) is 14.9 Å². The van der Waals surface area contributed by atoms with Crippen molar-refractivity contribution >= 4 is 40.7 Å². The number of amides is 1. The summed E-state index contributed by atoms with van der Waals surface area (Å²) in [4.78, 5) is 26.6. The van der Waals surface area contributed by atoms with Gasteiger partial charge in [-0.15, -0.1) is 0 Å². The second-order valence-corrected chi connectivity index (χ2v) is 8.95. The first-order chi connectivity index (χ1) is 16.4. The van der Waals surface area contributed by atoms with Gasteiger partial charge in [-0.05, 0) is 44.3 Å². The number of morpholine rings is 1. The van der Waals surface area contributed by atoms with E-state index >= 15 is 0 Å². The normalized spacial score (nSPS) is 18.2. The number of benzene rings is 1. The van der Waals surface area contributed by atoms with Crippen LogP contribution in [0.1, 0.15) is 30.5 Å². The maximum absolute atomic E-state index is 13.5. The van der Waals surface area contributed by atoms with Crippen molar-refractivity contribution in [2.24, 2.45) is 0 Å². The molecular weight excluding hydrogens is 483 g/mol. The second kappa shape index (κ2) is 8.94. The number of nitrogen functional groups attached to an aromatic ring is 1. The molecule has 0 saturated carbocycles. The third kappa shape index (κ3) is 4.46. The van der Waals surface area contributed by atoms with Gasteiger partial charge in [-0.3, -0.25) is 9.69 Å². The van der Waals surface area contributed by atoms with Gasteiger partial charge in [0.2, 0.25) is 5.95 Å². The summed E-state index contributed by atoms with van der Waals surface area (Å²) in [6.07, 6.45) is -3.21. The van der Waals surface area contributed by atoms with Gasteiger partial charge in [0.15, 0.2) is 5.11 Å². The maximum Gasteiger partial charge on any atom is 0.417 e. The van der Waals surface area contributed by atoms with E-state index in [-0.39, 0.29) is 23.2 Å². The minimum absolute atomic E-state index is 0.00879. The minimum atomic E-state index is -4.77. The number of alkyl halides is 3. The average molecular weight is 506 g/mol. The molecule has 4 rings (SSSR count). The molecule has 35 heavy (non-hydrogen) atoms. The Kier molecular flexibility index (Phi) is 6.29. The number of hydrogen-bond acceptors (Lipinski definition) is 8. The number of halogens is 3.